The number of H-pyrrole nitrogens is 1. The third kappa shape index (κ3) is 2.41. The fourth-order valence-corrected chi connectivity index (χ4v) is 1.44. The van der Waals surface area contributed by atoms with E-state index < -0.39 is 0 Å². The normalized spacial score (nSPS) is 10.2. The molecule has 0 atom stereocenters. The van der Waals surface area contributed by atoms with Crippen molar-refractivity contribution in [1.29, 1.82) is 0 Å². The molecule has 0 unspecified atom stereocenters. The number of phenolic OH excluding ortho intramolecular Hbond substituents is 1. The number of nitrogens with zero attached hydrogens (tertiary/aromatic N) is 1. The highest BCUT2D eigenvalue weighted by atomic mass is 35.5. The van der Waals surface area contributed by atoms with E-state index in [0.29, 0.717) is 11.6 Å². The highest BCUT2D eigenvalue weighted by Crippen LogP contribution is 2.22. The third-order valence-corrected chi connectivity index (χ3v) is 2.26. The van der Waals surface area contributed by atoms with Crippen LogP contribution < -0.4 is 5.32 Å². The smallest absolute Gasteiger partial charge is 0.120 e. The Kier molecular flexibility index (Phi) is 2.78. The molecule has 0 aliphatic rings. The van der Waals surface area contributed by atoms with Crippen molar-refractivity contribution in [3.63, 3.8) is 0 Å². The van der Waals surface area contributed by atoms with Gasteiger partial charge in [-0.3, -0.25) is 5.10 Å². The van der Waals surface area contributed by atoms with Crippen LogP contribution in [-0.4, -0.2) is 15.3 Å². The van der Waals surface area contributed by atoms with E-state index >= 15 is 0 Å². The predicted molar refractivity (Wildman–Crippen MR) is 59.0 cm³/mol. The van der Waals surface area contributed by atoms with E-state index in [1.807, 2.05) is 0 Å². The molecule has 0 radical (unpaired) electrons. The summed E-state index contributed by atoms with van der Waals surface area (Å²) in [6.45, 7) is 0.506. The molecular weight excluding hydrogens is 214 g/mol. The van der Waals surface area contributed by atoms with E-state index in [9.17, 15) is 5.11 Å². The molecule has 15 heavy (non-hydrogen) atoms. The molecule has 5 heteroatoms. The molecule has 0 fully saturated rings. The van der Waals surface area contributed by atoms with Gasteiger partial charge in [-0.05, 0) is 18.2 Å². The van der Waals surface area contributed by atoms with Crippen LogP contribution >= 0.6 is 11.6 Å². The summed E-state index contributed by atoms with van der Waals surface area (Å²) in [6.07, 6.45) is 3.41. The molecule has 3 N–H and O–H groups in total. The summed E-state index contributed by atoms with van der Waals surface area (Å²) in [5.74, 6) is 0.232. The minimum absolute atomic E-state index is 0.232. The van der Waals surface area contributed by atoms with Gasteiger partial charge in [0.15, 0.2) is 0 Å². The number of hydrogen-bond donors (Lipinski definition) is 3. The molecule has 0 amide bonds. The molecule has 2 rings (SSSR count). The van der Waals surface area contributed by atoms with Crippen LogP contribution in [0.4, 0.5) is 5.69 Å². The Labute approximate surface area is 91.9 Å². The molecule has 2 aromatic rings. The maximum Gasteiger partial charge on any atom is 0.120 e. The topological polar surface area (TPSA) is 60.9 Å². The largest absolute Gasteiger partial charge is 0.508 e. The monoisotopic (exact) mass is 223 g/mol. The van der Waals surface area contributed by atoms with Crippen LogP contribution in [0.2, 0.25) is 5.02 Å². The van der Waals surface area contributed by atoms with Crippen molar-refractivity contribution in [3.05, 3.63) is 41.2 Å². The zero-order chi connectivity index (χ0) is 10.7. The quantitative estimate of drug-likeness (QED) is 0.749. The van der Waals surface area contributed by atoms with Gasteiger partial charge in [0.25, 0.3) is 0 Å². The molecule has 1 aromatic heterocycles. The lowest BCUT2D eigenvalue weighted by molar-refractivity contribution is 0.469. The number of anilines is 1. The minimum Gasteiger partial charge on any atom is -0.508 e. The number of aromatic nitrogens is 2. The summed E-state index contributed by atoms with van der Waals surface area (Å²) < 4.78 is 0. The summed E-state index contributed by atoms with van der Waals surface area (Å²) >= 11 is 5.82. The summed E-state index contributed by atoms with van der Waals surface area (Å²) in [5, 5.41) is 19.7. The zero-order valence-corrected chi connectivity index (χ0v) is 8.62. The van der Waals surface area contributed by atoms with Crippen molar-refractivity contribution >= 4 is 17.3 Å². The van der Waals surface area contributed by atoms with Crippen LogP contribution in [0.5, 0.6) is 5.75 Å². The van der Waals surface area contributed by atoms with Crippen LogP contribution in [0.25, 0.3) is 0 Å². The van der Waals surface area contributed by atoms with Crippen LogP contribution in [0.3, 0.4) is 0 Å². The van der Waals surface area contributed by atoms with Gasteiger partial charge >= 0.3 is 0 Å². The van der Waals surface area contributed by atoms with Gasteiger partial charge in [-0.1, -0.05) is 11.6 Å². The zero-order valence-electron chi connectivity index (χ0n) is 7.87. The van der Waals surface area contributed by atoms with Gasteiger partial charge in [0, 0.05) is 23.3 Å². The first-order valence-electron chi connectivity index (χ1n) is 4.46. The van der Waals surface area contributed by atoms with E-state index in [-0.39, 0.29) is 5.75 Å². The number of nitrogens with one attached hydrogen (secondary N) is 2. The molecule has 0 aliphatic carbocycles. The first kappa shape index (κ1) is 9.86. The van der Waals surface area contributed by atoms with Crippen LogP contribution in [0.1, 0.15) is 5.56 Å². The third-order valence-electron chi connectivity index (χ3n) is 2.02. The number of halogens is 1. The SMILES string of the molecule is Oc1ccc(Cl)cc1CNc1cn[nH]c1. The predicted octanol–water partition coefficient (Wildman–Crippen LogP) is 2.38. The lowest BCUT2D eigenvalue weighted by Crippen LogP contribution is -1.98. The van der Waals surface area contributed by atoms with Crippen molar-refractivity contribution < 1.29 is 5.11 Å². The Balaban J connectivity index is 2.07. The molecule has 0 saturated carbocycles. The summed E-state index contributed by atoms with van der Waals surface area (Å²) in [6, 6.07) is 4.96. The van der Waals surface area contributed by atoms with Crippen molar-refractivity contribution in [1.82, 2.24) is 10.2 Å². The highest BCUT2D eigenvalue weighted by molar-refractivity contribution is 6.30. The average Bonchev–Trinajstić information content (AvgIpc) is 2.72. The molecule has 0 bridgehead atoms. The second-order valence-electron chi connectivity index (χ2n) is 3.11. The van der Waals surface area contributed by atoms with Gasteiger partial charge in [-0.2, -0.15) is 5.10 Å². The maximum atomic E-state index is 9.54. The number of phenols is 1. The standard InChI is InChI=1S/C10H10ClN3O/c11-8-1-2-10(15)7(3-8)4-12-9-5-13-14-6-9/h1-3,5-6,12,15H,4H2,(H,13,14). The van der Waals surface area contributed by atoms with Crippen LogP contribution in [0, 0.1) is 0 Å². The maximum absolute atomic E-state index is 9.54. The van der Waals surface area contributed by atoms with Crippen molar-refractivity contribution in [3.8, 4) is 5.75 Å². The van der Waals surface area contributed by atoms with Crippen LogP contribution in [-0.2, 0) is 6.54 Å². The van der Waals surface area contributed by atoms with Gasteiger partial charge in [-0.25, -0.2) is 0 Å². The molecule has 0 aliphatic heterocycles. The highest BCUT2D eigenvalue weighted by Gasteiger charge is 2.02. The Hall–Kier alpha value is -1.68. The second-order valence-corrected chi connectivity index (χ2v) is 3.55. The van der Waals surface area contributed by atoms with Crippen LogP contribution in [0.15, 0.2) is 30.6 Å². The fraction of sp³-hybridized carbons (Fsp3) is 0.100. The summed E-state index contributed by atoms with van der Waals surface area (Å²) in [7, 11) is 0. The number of benzene rings is 1. The first-order valence-corrected chi connectivity index (χ1v) is 4.83. The van der Waals surface area contributed by atoms with Gasteiger partial charge < -0.3 is 10.4 Å². The van der Waals surface area contributed by atoms with E-state index in [0.717, 1.165) is 11.3 Å². The first-order chi connectivity index (χ1) is 7.25. The fourth-order valence-electron chi connectivity index (χ4n) is 1.24. The molecule has 1 aromatic carbocycles. The minimum atomic E-state index is 0.232. The van der Waals surface area contributed by atoms with Crippen molar-refractivity contribution in [2.75, 3.05) is 5.32 Å². The van der Waals surface area contributed by atoms with Crippen molar-refractivity contribution in [2.24, 2.45) is 0 Å². The molecule has 78 valence electrons. The van der Waals surface area contributed by atoms with Gasteiger partial charge in [0.05, 0.1) is 11.9 Å². The Morgan fingerprint density at radius 2 is 2.33 bits per heavy atom. The van der Waals surface area contributed by atoms with E-state index in [1.165, 1.54) is 0 Å². The second kappa shape index (κ2) is 4.23. The number of aromatic amines is 1. The molecule has 0 spiro atoms. The summed E-state index contributed by atoms with van der Waals surface area (Å²) in [5.41, 5.74) is 1.62. The molecule has 1 heterocycles. The number of aromatic hydroxyl groups is 1. The van der Waals surface area contributed by atoms with E-state index in [4.69, 9.17) is 11.6 Å². The number of hydrogen-bond acceptors (Lipinski definition) is 3. The average molecular weight is 224 g/mol. The van der Waals surface area contributed by atoms with E-state index in [1.54, 1.807) is 30.6 Å². The Bertz CT molecular complexity index is 442. The van der Waals surface area contributed by atoms with E-state index in [2.05, 4.69) is 15.5 Å². The number of rotatable bonds is 3. The lowest BCUT2D eigenvalue weighted by Gasteiger charge is -2.06. The van der Waals surface area contributed by atoms with Gasteiger partial charge in [0.1, 0.15) is 5.75 Å². The Morgan fingerprint density at radius 3 is 3.07 bits per heavy atom. The van der Waals surface area contributed by atoms with Crippen molar-refractivity contribution in [2.45, 2.75) is 6.54 Å². The van der Waals surface area contributed by atoms with Gasteiger partial charge in [-0.15, -0.1) is 0 Å². The molecule has 4 nitrogen and oxygen atoms in total. The summed E-state index contributed by atoms with van der Waals surface area (Å²) in [4.78, 5) is 0. The molecular formula is C10H10ClN3O. The Morgan fingerprint density at radius 1 is 1.47 bits per heavy atom. The lowest BCUT2D eigenvalue weighted by atomic mass is 10.2. The van der Waals surface area contributed by atoms with Gasteiger partial charge in [0.2, 0.25) is 0 Å². The molecule has 0 saturated heterocycles.